The zero-order chi connectivity index (χ0) is 20.5. The van der Waals surface area contributed by atoms with E-state index in [0.717, 1.165) is 24.3 Å². The number of rotatable bonds is 5. The Morgan fingerprint density at radius 2 is 2.17 bits per heavy atom. The van der Waals surface area contributed by atoms with Crippen molar-refractivity contribution < 1.29 is 4.74 Å². The molecule has 3 aromatic heterocycles. The third-order valence-electron chi connectivity index (χ3n) is 6.79. The van der Waals surface area contributed by atoms with Gasteiger partial charge >= 0.3 is 0 Å². The largest absolute Gasteiger partial charge is 0.377 e. The second-order valence-electron chi connectivity index (χ2n) is 9.46. The average molecular weight is 406 g/mol. The van der Waals surface area contributed by atoms with Crippen LogP contribution in [0.3, 0.4) is 0 Å². The molecule has 1 aliphatic carbocycles. The molecule has 0 amide bonds. The minimum atomic E-state index is 0.391. The van der Waals surface area contributed by atoms with E-state index in [4.69, 9.17) is 4.74 Å². The molecule has 2 fully saturated rings. The lowest BCUT2D eigenvalue weighted by Crippen LogP contribution is -2.47. The summed E-state index contributed by atoms with van der Waals surface area (Å²) in [6.07, 6.45) is 14.8. The van der Waals surface area contributed by atoms with Crippen molar-refractivity contribution in [3.05, 3.63) is 42.7 Å². The number of hydrogen-bond acceptors (Lipinski definition) is 4. The van der Waals surface area contributed by atoms with E-state index < -0.39 is 0 Å². The Hall–Kier alpha value is -1.98. The summed E-state index contributed by atoms with van der Waals surface area (Å²) >= 11 is 0. The molecule has 3 atom stereocenters. The molecule has 30 heavy (non-hydrogen) atoms. The predicted molar refractivity (Wildman–Crippen MR) is 121 cm³/mol. The summed E-state index contributed by atoms with van der Waals surface area (Å²) in [6, 6.07) is 4.93. The fourth-order valence-electron chi connectivity index (χ4n) is 5.33. The molecule has 1 aliphatic heterocycles. The van der Waals surface area contributed by atoms with E-state index in [2.05, 4.69) is 52.3 Å². The van der Waals surface area contributed by atoms with Crippen LogP contribution in [0.15, 0.2) is 30.7 Å². The van der Waals surface area contributed by atoms with Crippen LogP contribution in [0.5, 0.6) is 0 Å². The van der Waals surface area contributed by atoms with Gasteiger partial charge in [-0.05, 0) is 74.6 Å². The lowest BCUT2D eigenvalue weighted by molar-refractivity contribution is -0.0222. The molecule has 2 aliphatic rings. The molecule has 159 valence electrons. The molecular weight excluding hydrogens is 372 g/mol. The first-order valence-electron chi connectivity index (χ1n) is 11.6. The van der Waals surface area contributed by atoms with E-state index >= 15 is 0 Å². The maximum absolute atomic E-state index is 6.20. The van der Waals surface area contributed by atoms with Crippen molar-refractivity contribution in [3.63, 3.8) is 0 Å². The molecule has 1 saturated carbocycles. The Morgan fingerprint density at radius 3 is 3.07 bits per heavy atom. The molecule has 0 bridgehead atoms. The third kappa shape index (κ3) is 3.97. The highest BCUT2D eigenvalue weighted by molar-refractivity contribution is 6.05. The average Bonchev–Trinajstić information content (AvgIpc) is 3.27. The molecular formula is C25H33N4O. The topological polar surface area (TPSA) is 54.0 Å². The molecule has 1 N–H and O–H groups in total. The number of aromatic amines is 1. The molecule has 3 unspecified atom stereocenters. The Kier molecular flexibility index (Phi) is 5.74. The second kappa shape index (κ2) is 8.64. The van der Waals surface area contributed by atoms with Gasteiger partial charge in [-0.25, -0.2) is 4.98 Å². The Morgan fingerprint density at radius 1 is 1.23 bits per heavy atom. The van der Waals surface area contributed by atoms with Gasteiger partial charge < -0.3 is 9.72 Å². The lowest BCUT2D eigenvalue weighted by Gasteiger charge is -2.42. The minimum absolute atomic E-state index is 0.391. The summed E-state index contributed by atoms with van der Waals surface area (Å²) in [5.41, 5.74) is 3.40. The van der Waals surface area contributed by atoms with Crippen LogP contribution in [0, 0.1) is 12.3 Å². The summed E-state index contributed by atoms with van der Waals surface area (Å²) in [7, 11) is 0. The zero-order valence-electron chi connectivity index (χ0n) is 18.2. The van der Waals surface area contributed by atoms with E-state index in [-0.39, 0.29) is 0 Å². The quantitative estimate of drug-likeness (QED) is 0.642. The van der Waals surface area contributed by atoms with Crippen LogP contribution in [0.4, 0.5) is 0 Å². The van der Waals surface area contributed by atoms with E-state index in [0.29, 0.717) is 24.0 Å². The van der Waals surface area contributed by atoms with Crippen molar-refractivity contribution in [2.75, 3.05) is 19.7 Å². The van der Waals surface area contributed by atoms with Gasteiger partial charge in [0.2, 0.25) is 0 Å². The molecule has 3 aromatic rings. The first kappa shape index (κ1) is 20.0. The highest BCUT2D eigenvalue weighted by atomic mass is 16.5. The summed E-state index contributed by atoms with van der Waals surface area (Å²) in [4.78, 5) is 15.1. The van der Waals surface area contributed by atoms with Crippen LogP contribution in [-0.2, 0) is 4.74 Å². The zero-order valence-corrected chi connectivity index (χ0v) is 18.2. The molecule has 5 heteroatoms. The molecule has 0 aromatic carbocycles. The number of pyridine rings is 2. The first-order chi connectivity index (χ1) is 14.7. The monoisotopic (exact) mass is 405 g/mol. The van der Waals surface area contributed by atoms with Gasteiger partial charge in [-0.2, -0.15) is 0 Å². The maximum atomic E-state index is 6.20. The maximum Gasteiger partial charge on any atom is 0.137 e. The molecule has 1 saturated heterocycles. The standard InChI is InChI=1S/C25H33N4O/c1-17(2)16-30-20-7-4-12-29(15-20)19-6-3-5-18(13-19)21-8-10-26-23-14-28-25-22(24(21)23)9-11-27-25/h6,8-11,14,17-20H,3-5,7,12-13,15-16H2,1-2H3,(H,27,28). The van der Waals surface area contributed by atoms with Crippen LogP contribution < -0.4 is 0 Å². The highest BCUT2D eigenvalue weighted by Crippen LogP contribution is 2.39. The molecule has 1 radical (unpaired) electrons. The molecule has 4 heterocycles. The van der Waals surface area contributed by atoms with Gasteiger partial charge in [0.1, 0.15) is 5.65 Å². The van der Waals surface area contributed by atoms with Crippen LogP contribution in [-0.4, -0.2) is 51.7 Å². The van der Waals surface area contributed by atoms with E-state index in [9.17, 15) is 0 Å². The van der Waals surface area contributed by atoms with Crippen molar-refractivity contribution in [3.8, 4) is 0 Å². The minimum Gasteiger partial charge on any atom is -0.377 e. The van der Waals surface area contributed by atoms with E-state index in [1.165, 1.54) is 55.0 Å². The number of aromatic nitrogens is 3. The Balaban J connectivity index is 1.36. The summed E-state index contributed by atoms with van der Waals surface area (Å²) in [5.74, 6) is 1.16. The van der Waals surface area contributed by atoms with Crippen molar-refractivity contribution in [1.82, 2.24) is 19.9 Å². The van der Waals surface area contributed by atoms with Crippen LogP contribution >= 0.6 is 0 Å². The predicted octanol–water partition coefficient (Wildman–Crippen LogP) is 5.09. The Labute approximate surface area is 179 Å². The highest BCUT2D eigenvalue weighted by Gasteiger charge is 2.32. The van der Waals surface area contributed by atoms with Crippen molar-refractivity contribution in [2.45, 2.75) is 64.0 Å². The fourth-order valence-corrected chi connectivity index (χ4v) is 5.33. The number of ether oxygens (including phenoxy) is 1. The number of hydrogen-bond donors (Lipinski definition) is 1. The smallest absolute Gasteiger partial charge is 0.137 e. The summed E-state index contributed by atoms with van der Waals surface area (Å²) in [5, 5.41) is 2.48. The normalized spacial score (nSPS) is 26.0. The Bertz CT molecular complexity index is 997. The number of nitrogens with zero attached hydrogens (tertiary/aromatic N) is 3. The number of nitrogens with one attached hydrogen (secondary N) is 1. The number of likely N-dealkylation sites (tertiary alicyclic amines) is 1. The van der Waals surface area contributed by atoms with Crippen molar-refractivity contribution in [2.24, 2.45) is 5.92 Å². The summed E-state index contributed by atoms with van der Waals surface area (Å²) < 4.78 is 6.20. The van der Waals surface area contributed by atoms with Gasteiger partial charge in [-0.15, -0.1) is 0 Å². The number of H-pyrrole nitrogens is 1. The molecule has 5 nitrogen and oxygen atoms in total. The van der Waals surface area contributed by atoms with Crippen molar-refractivity contribution in [1.29, 1.82) is 0 Å². The number of piperidine rings is 1. The third-order valence-corrected chi connectivity index (χ3v) is 6.79. The van der Waals surface area contributed by atoms with Gasteiger partial charge in [0.05, 0.1) is 17.8 Å². The van der Waals surface area contributed by atoms with Crippen LogP contribution in [0.25, 0.3) is 21.9 Å². The van der Waals surface area contributed by atoms with E-state index in [1.54, 1.807) is 0 Å². The summed E-state index contributed by atoms with van der Waals surface area (Å²) in [6.45, 7) is 7.60. The second-order valence-corrected chi connectivity index (χ2v) is 9.46. The first-order valence-corrected chi connectivity index (χ1v) is 11.6. The lowest BCUT2D eigenvalue weighted by atomic mass is 9.79. The van der Waals surface area contributed by atoms with Gasteiger partial charge in [0.15, 0.2) is 0 Å². The van der Waals surface area contributed by atoms with Gasteiger partial charge in [-0.3, -0.25) is 9.88 Å². The van der Waals surface area contributed by atoms with Gasteiger partial charge in [0.25, 0.3) is 0 Å². The van der Waals surface area contributed by atoms with E-state index in [1.807, 2.05) is 18.6 Å². The number of fused-ring (bicyclic) bond motifs is 3. The van der Waals surface area contributed by atoms with Crippen LogP contribution in [0.1, 0.15) is 57.4 Å². The SMILES string of the molecule is CC(C)COC1CCCN(C2[CH]CCC(c3ccnc4cnc5[nH]ccc5c34)C2)C1. The fraction of sp³-hybridized carbons (Fsp3) is 0.560. The van der Waals surface area contributed by atoms with Crippen molar-refractivity contribution >= 4 is 21.9 Å². The van der Waals surface area contributed by atoms with Crippen LogP contribution in [0.2, 0.25) is 0 Å². The van der Waals surface area contributed by atoms with Gasteiger partial charge in [-0.1, -0.05) is 13.8 Å². The molecule has 0 spiro atoms. The van der Waals surface area contributed by atoms with Gasteiger partial charge in [0, 0.05) is 42.4 Å². The molecule has 5 rings (SSSR count).